The van der Waals surface area contributed by atoms with Gasteiger partial charge < -0.3 is 5.73 Å². The summed E-state index contributed by atoms with van der Waals surface area (Å²) in [6, 6.07) is 5.36. The van der Waals surface area contributed by atoms with Crippen molar-refractivity contribution >= 4 is 23.2 Å². The lowest BCUT2D eigenvalue weighted by Gasteiger charge is -2.24. The molecule has 0 amide bonds. The van der Waals surface area contributed by atoms with Crippen LogP contribution in [0.1, 0.15) is 38.8 Å². The van der Waals surface area contributed by atoms with E-state index in [1.807, 2.05) is 6.07 Å². The van der Waals surface area contributed by atoms with E-state index in [-0.39, 0.29) is 11.5 Å². The lowest BCUT2D eigenvalue weighted by Crippen LogP contribution is -2.19. The molecule has 1 aromatic carbocycles. The maximum atomic E-state index is 6.11. The van der Waals surface area contributed by atoms with Crippen LogP contribution in [0.25, 0.3) is 0 Å². The molecule has 0 bridgehead atoms. The third-order valence-corrected chi connectivity index (χ3v) is 2.77. The van der Waals surface area contributed by atoms with Crippen molar-refractivity contribution < 1.29 is 0 Å². The minimum Gasteiger partial charge on any atom is -0.324 e. The lowest BCUT2D eigenvalue weighted by molar-refractivity contribution is 0.343. The van der Waals surface area contributed by atoms with Crippen LogP contribution in [0.5, 0.6) is 0 Å². The van der Waals surface area contributed by atoms with Crippen molar-refractivity contribution in [1.82, 2.24) is 0 Å². The zero-order valence-electron chi connectivity index (χ0n) is 9.35. The Morgan fingerprint density at radius 3 is 2.40 bits per heavy atom. The standard InChI is InChI=1S/C12H17Cl2N/c1-12(2,3)7-11(15)9-6-8(13)4-5-10(9)14/h4-6,11H,7,15H2,1-3H3. The molecule has 1 aromatic rings. The first-order valence-corrected chi connectivity index (χ1v) is 5.76. The Labute approximate surface area is 102 Å². The summed E-state index contributed by atoms with van der Waals surface area (Å²) in [4.78, 5) is 0. The summed E-state index contributed by atoms with van der Waals surface area (Å²) in [6.45, 7) is 6.47. The summed E-state index contributed by atoms with van der Waals surface area (Å²) in [5.41, 5.74) is 7.22. The van der Waals surface area contributed by atoms with E-state index in [9.17, 15) is 0 Å². The molecule has 84 valence electrons. The van der Waals surface area contributed by atoms with Gasteiger partial charge in [0.25, 0.3) is 0 Å². The van der Waals surface area contributed by atoms with Gasteiger partial charge in [0.1, 0.15) is 0 Å². The van der Waals surface area contributed by atoms with Gasteiger partial charge in [0.15, 0.2) is 0 Å². The summed E-state index contributed by atoms with van der Waals surface area (Å²) >= 11 is 12.0. The zero-order valence-corrected chi connectivity index (χ0v) is 10.9. The number of benzene rings is 1. The SMILES string of the molecule is CC(C)(C)CC(N)c1cc(Cl)ccc1Cl. The van der Waals surface area contributed by atoms with E-state index >= 15 is 0 Å². The molecular formula is C12H17Cl2N. The van der Waals surface area contributed by atoms with Crippen LogP contribution in [0.4, 0.5) is 0 Å². The molecule has 1 rings (SSSR count). The van der Waals surface area contributed by atoms with Gasteiger partial charge in [-0.2, -0.15) is 0 Å². The van der Waals surface area contributed by atoms with E-state index in [2.05, 4.69) is 20.8 Å². The maximum Gasteiger partial charge on any atom is 0.0454 e. The second-order valence-electron chi connectivity index (χ2n) is 5.04. The number of halogens is 2. The molecule has 1 unspecified atom stereocenters. The van der Waals surface area contributed by atoms with Gasteiger partial charge in [0, 0.05) is 16.1 Å². The summed E-state index contributed by atoms with van der Waals surface area (Å²) in [5, 5.41) is 1.37. The van der Waals surface area contributed by atoms with Crippen LogP contribution in [0.15, 0.2) is 18.2 Å². The van der Waals surface area contributed by atoms with Gasteiger partial charge in [-0.25, -0.2) is 0 Å². The van der Waals surface area contributed by atoms with Crippen molar-refractivity contribution in [2.24, 2.45) is 11.1 Å². The number of hydrogen-bond donors (Lipinski definition) is 1. The molecule has 0 spiro atoms. The van der Waals surface area contributed by atoms with Gasteiger partial charge in [-0.05, 0) is 35.6 Å². The largest absolute Gasteiger partial charge is 0.324 e. The lowest BCUT2D eigenvalue weighted by atomic mass is 9.86. The van der Waals surface area contributed by atoms with Gasteiger partial charge in [-0.3, -0.25) is 0 Å². The summed E-state index contributed by atoms with van der Waals surface area (Å²) in [6.07, 6.45) is 0.882. The fourth-order valence-corrected chi connectivity index (χ4v) is 2.01. The van der Waals surface area contributed by atoms with E-state index in [0.29, 0.717) is 10.0 Å². The molecule has 3 heteroatoms. The predicted molar refractivity (Wildman–Crippen MR) is 67.5 cm³/mol. The fraction of sp³-hybridized carbons (Fsp3) is 0.500. The highest BCUT2D eigenvalue weighted by Gasteiger charge is 2.18. The molecule has 0 aliphatic carbocycles. The van der Waals surface area contributed by atoms with Crippen LogP contribution in [-0.2, 0) is 0 Å². The highest BCUT2D eigenvalue weighted by Crippen LogP contribution is 2.32. The van der Waals surface area contributed by atoms with Crippen molar-refractivity contribution in [2.75, 3.05) is 0 Å². The van der Waals surface area contributed by atoms with Crippen LogP contribution >= 0.6 is 23.2 Å². The molecule has 1 atom stereocenters. The Bertz CT molecular complexity index is 342. The minimum atomic E-state index is -0.0591. The second kappa shape index (κ2) is 4.73. The predicted octanol–water partition coefficient (Wildman–Crippen LogP) is 4.43. The van der Waals surface area contributed by atoms with Gasteiger partial charge in [0.2, 0.25) is 0 Å². The molecule has 0 saturated carbocycles. The van der Waals surface area contributed by atoms with E-state index in [1.54, 1.807) is 12.1 Å². The summed E-state index contributed by atoms with van der Waals surface area (Å²) < 4.78 is 0. The van der Waals surface area contributed by atoms with Crippen LogP contribution < -0.4 is 5.73 Å². The quantitative estimate of drug-likeness (QED) is 0.820. The van der Waals surface area contributed by atoms with Crippen LogP contribution in [0.2, 0.25) is 10.0 Å². The number of nitrogens with two attached hydrogens (primary N) is 1. The first-order chi connectivity index (χ1) is 6.79. The average Bonchev–Trinajstić information content (AvgIpc) is 2.06. The molecule has 0 radical (unpaired) electrons. The monoisotopic (exact) mass is 245 g/mol. The van der Waals surface area contributed by atoms with Crippen LogP contribution in [0.3, 0.4) is 0 Å². The molecule has 15 heavy (non-hydrogen) atoms. The third kappa shape index (κ3) is 4.02. The Kier molecular flexibility index (Phi) is 4.05. The molecule has 1 nitrogen and oxygen atoms in total. The normalized spacial score (nSPS) is 14.0. The molecule has 0 fully saturated rings. The highest BCUT2D eigenvalue weighted by molar-refractivity contribution is 6.33. The van der Waals surface area contributed by atoms with Crippen molar-refractivity contribution in [3.05, 3.63) is 33.8 Å². The molecule has 0 aliphatic rings. The average molecular weight is 246 g/mol. The molecule has 0 aromatic heterocycles. The van der Waals surface area contributed by atoms with Crippen molar-refractivity contribution in [2.45, 2.75) is 33.2 Å². The number of rotatable bonds is 2. The second-order valence-corrected chi connectivity index (χ2v) is 5.88. The number of hydrogen-bond acceptors (Lipinski definition) is 1. The Morgan fingerprint density at radius 1 is 1.27 bits per heavy atom. The highest BCUT2D eigenvalue weighted by atomic mass is 35.5. The summed E-state index contributed by atoms with van der Waals surface area (Å²) in [5.74, 6) is 0. The molecule has 0 heterocycles. The van der Waals surface area contributed by atoms with Gasteiger partial charge in [-0.1, -0.05) is 44.0 Å². The zero-order chi connectivity index (χ0) is 11.6. The van der Waals surface area contributed by atoms with E-state index in [4.69, 9.17) is 28.9 Å². The van der Waals surface area contributed by atoms with Gasteiger partial charge in [0.05, 0.1) is 0 Å². The van der Waals surface area contributed by atoms with E-state index < -0.39 is 0 Å². The molecule has 0 saturated heterocycles. The van der Waals surface area contributed by atoms with E-state index in [0.717, 1.165) is 12.0 Å². The topological polar surface area (TPSA) is 26.0 Å². The van der Waals surface area contributed by atoms with Crippen molar-refractivity contribution in [3.8, 4) is 0 Å². The van der Waals surface area contributed by atoms with Crippen LogP contribution in [0, 0.1) is 5.41 Å². The Morgan fingerprint density at radius 2 is 1.87 bits per heavy atom. The fourth-order valence-electron chi connectivity index (χ4n) is 1.57. The molecule has 0 aliphatic heterocycles. The maximum absolute atomic E-state index is 6.11. The molecular weight excluding hydrogens is 229 g/mol. The molecule has 2 N–H and O–H groups in total. The Balaban J connectivity index is 2.90. The minimum absolute atomic E-state index is 0.0591. The smallest absolute Gasteiger partial charge is 0.0454 e. The van der Waals surface area contributed by atoms with Crippen molar-refractivity contribution in [1.29, 1.82) is 0 Å². The Hall–Kier alpha value is -0.240. The summed E-state index contributed by atoms with van der Waals surface area (Å²) in [7, 11) is 0. The van der Waals surface area contributed by atoms with Gasteiger partial charge >= 0.3 is 0 Å². The first-order valence-electron chi connectivity index (χ1n) is 5.00. The third-order valence-electron chi connectivity index (χ3n) is 2.19. The van der Waals surface area contributed by atoms with Crippen molar-refractivity contribution in [3.63, 3.8) is 0 Å². The van der Waals surface area contributed by atoms with Crippen LogP contribution in [-0.4, -0.2) is 0 Å². The van der Waals surface area contributed by atoms with Gasteiger partial charge in [-0.15, -0.1) is 0 Å². The first kappa shape index (κ1) is 12.8. The van der Waals surface area contributed by atoms with E-state index in [1.165, 1.54) is 0 Å².